The van der Waals surface area contributed by atoms with Crippen LogP contribution in [0.25, 0.3) is 10.8 Å². The molecular weight excluding hydrogens is 162 g/mol. The molecule has 0 spiro atoms. The van der Waals surface area contributed by atoms with Gasteiger partial charge in [0.1, 0.15) is 5.82 Å². The third-order valence-corrected chi connectivity index (χ3v) is 2.06. The minimum Gasteiger partial charge on any atom is -0.388 e. The van der Waals surface area contributed by atoms with E-state index in [9.17, 15) is 0 Å². The minimum absolute atomic E-state index is 0.556. The molecule has 0 bridgehead atoms. The van der Waals surface area contributed by atoms with Gasteiger partial charge >= 0.3 is 0 Å². The first kappa shape index (κ1) is 7.86. The molecule has 0 aliphatic carbocycles. The van der Waals surface area contributed by atoms with Gasteiger partial charge in [-0.25, -0.2) is 4.98 Å². The molecule has 0 radical (unpaired) electrons. The van der Waals surface area contributed by atoms with Gasteiger partial charge in [-0.1, -0.05) is 12.1 Å². The summed E-state index contributed by atoms with van der Waals surface area (Å²) in [6.45, 7) is 0. The van der Waals surface area contributed by atoms with Crippen LogP contribution in [0.2, 0.25) is 0 Å². The molecular formula is C10H11N3. The number of nitrogens with one attached hydrogen (secondary N) is 1. The lowest BCUT2D eigenvalue weighted by molar-refractivity contribution is 1.37. The number of nitrogens with two attached hydrogens (primary N) is 1. The number of anilines is 2. The Kier molecular flexibility index (Phi) is 1.77. The maximum atomic E-state index is 5.58. The quantitative estimate of drug-likeness (QED) is 0.692. The molecule has 0 fully saturated rings. The molecule has 0 saturated carbocycles. The number of aromatic nitrogens is 1. The van der Waals surface area contributed by atoms with E-state index in [0.717, 1.165) is 16.5 Å². The van der Waals surface area contributed by atoms with Crippen molar-refractivity contribution in [2.45, 2.75) is 0 Å². The highest BCUT2D eigenvalue weighted by Gasteiger charge is 1.98. The average Bonchev–Trinajstić information content (AvgIpc) is 2.16. The molecule has 1 aromatic heterocycles. The van der Waals surface area contributed by atoms with Crippen molar-refractivity contribution in [1.82, 2.24) is 4.98 Å². The van der Waals surface area contributed by atoms with Crippen molar-refractivity contribution in [3.05, 3.63) is 30.5 Å². The Morgan fingerprint density at radius 3 is 3.00 bits per heavy atom. The van der Waals surface area contributed by atoms with Crippen LogP contribution in [0.15, 0.2) is 30.5 Å². The number of nitrogen functional groups attached to an aromatic ring is 1. The number of rotatable bonds is 1. The predicted octanol–water partition coefficient (Wildman–Crippen LogP) is 1.86. The molecule has 3 heteroatoms. The van der Waals surface area contributed by atoms with Crippen LogP contribution in [-0.4, -0.2) is 12.0 Å². The minimum atomic E-state index is 0.556. The summed E-state index contributed by atoms with van der Waals surface area (Å²) < 4.78 is 0. The summed E-state index contributed by atoms with van der Waals surface area (Å²) in [4.78, 5) is 4.05. The molecule has 1 heterocycles. The largest absolute Gasteiger partial charge is 0.388 e. The van der Waals surface area contributed by atoms with Crippen LogP contribution >= 0.6 is 0 Å². The van der Waals surface area contributed by atoms with Crippen molar-refractivity contribution >= 4 is 22.3 Å². The second-order valence-electron chi connectivity index (χ2n) is 2.89. The van der Waals surface area contributed by atoms with Gasteiger partial charge in [0.25, 0.3) is 0 Å². The standard InChI is InChI=1S/C10H11N3/c1-12-9-4-2-3-7-5-10(11)13-6-8(7)9/h2-6,12H,1H3,(H2,11,13). The predicted molar refractivity (Wildman–Crippen MR) is 55.7 cm³/mol. The van der Waals surface area contributed by atoms with Crippen molar-refractivity contribution in [2.24, 2.45) is 0 Å². The summed E-state index contributed by atoms with van der Waals surface area (Å²) in [7, 11) is 1.89. The molecule has 2 rings (SSSR count). The van der Waals surface area contributed by atoms with Gasteiger partial charge in [-0.05, 0) is 17.5 Å². The Morgan fingerprint density at radius 2 is 2.23 bits per heavy atom. The first-order valence-corrected chi connectivity index (χ1v) is 4.13. The number of hydrogen-bond donors (Lipinski definition) is 2. The van der Waals surface area contributed by atoms with Gasteiger partial charge in [0.15, 0.2) is 0 Å². The second kappa shape index (κ2) is 2.94. The van der Waals surface area contributed by atoms with Crippen LogP contribution in [0.5, 0.6) is 0 Å². The zero-order valence-corrected chi connectivity index (χ0v) is 7.41. The average molecular weight is 173 g/mol. The lowest BCUT2D eigenvalue weighted by Crippen LogP contribution is -1.92. The summed E-state index contributed by atoms with van der Waals surface area (Å²) in [5, 5.41) is 5.32. The maximum absolute atomic E-state index is 5.58. The van der Waals surface area contributed by atoms with Crippen molar-refractivity contribution in [3.8, 4) is 0 Å². The molecule has 0 unspecified atom stereocenters. The summed E-state index contributed by atoms with van der Waals surface area (Å²) in [6.07, 6.45) is 1.79. The third-order valence-electron chi connectivity index (χ3n) is 2.06. The van der Waals surface area contributed by atoms with Gasteiger partial charge in [-0.2, -0.15) is 0 Å². The normalized spacial score (nSPS) is 10.2. The highest BCUT2D eigenvalue weighted by atomic mass is 14.8. The first-order chi connectivity index (χ1) is 6.31. The second-order valence-corrected chi connectivity index (χ2v) is 2.89. The van der Waals surface area contributed by atoms with Crippen molar-refractivity contribution in [1.29, 1.82) is 0 Å². The lowest BCUT2D eigenvalue weighted by atomic mass is 10.1. The van der Waals surface area contributed by atoms with Gasteiger partial charge in [-0.3, -0.25) is 0 Å². The van der Waals surface area contributed by atoms with Crippen LogP contribution in [-0.2, 0) is 0 Å². The van der Waals surface area contributed by atoms with Gasteiger partial charge in [-0.15, -0.1) is 0 Å². The van der Waals surface area contributed by atoms with Crippen LogP contribution in [0.3, 0.4) is 0 Å². The number of nitrogens with zero attached hydrogens (tertiary/aromatic N) is 1. The van der Waals surface area contributed by atoms with Gasteiger partial charge in [0.05, 0.1) is 0 Å². The smallest absolute Gasteiger partial charge is 0.123 e. The molecule has 0 saturated heterocycles. The molecule has 66 valence electrons. The highest BCUT2D eigenvalue weighted by molar-refractivity contribution is 5.94. The zero-order valence-electron chi connectivity index (χ0n) is 7.41. The first-order valence-electron chi connectivity index (χ1n) is 4.13. The Labute approximate surface area is 76.6 Å². The molecule has 1 aromatic carbocycles. The summed E-state index contributed by atoms with van der Waals surface area (Å²) in [5.41, 5.74) is 6.66. The van der Waals surface area contributed by atoms with E-state index in [4.69, 9.17) is 5.73 Å². The number of hydrogen-bond acceptors (Lipinski definition) is 3. The van der Waals surface area contributed by atoms with Crippen molar-refractivity contribution in [2.75, 3.05) is 18.1 Å². The molecule has 2 aromatic rings. The fraction of sp³-hybridized carbons (Fsp3) is 0.100. The lowest BCUT2D eigenvalue weighted by Gasteiger charge is -2.04. The van der Waals surface area contributed by atoms with Crippen molar-refractivity contribution in [3.63, 3.8) is 0 Å². The SMILES string of the molecule is CNc1cccc2cc(N)ncc12. The monoisotopic (exact) mass is 173 g/mol. The summed E-state index contributed by atoms with van der Waals surface area (Å²) >= 11 is 0. The Hall–Kier alpha value is -1.77. The molecule has 0 aliphatic heterocycles. The summed E-state index contributed by atoms with van der Waals surface area (Å²) in [5.74, 6) is 0.556. The molecule has 3 nitrogen and oxygen atoms in total. The fourth-order valence-electron chi connectivity index (χ4n) is 1.41. The Morgan fingerprint density at radius 1 is 1.38 bits per heavy atom. The van der Waals surface area contributed by atoms with Crippen LogP contribution in [0.1, 0.15) is 0 Å². The molecule has 13 heavy (non-hydrogen) atoms. The van der Waals surface area contributed by atoms with Crippen LogP contribution < -0.4 is 11.1 Å². The fourth-order valence-corrected chi connectivity index (χ4v) is 1.41. The van der Waals surface area contributed by atoms with E-state index in [1.807, 2.05) is 31.3 Å². The van der Waals surface area contributed by atoms with Gasteiger partial charge < -0.3 is 11.1 Å². The zero-order chi connectivity index (χ0) is 9.26. The van der Waals surface area contributed by atoms with E-state index in [1.54, 1.807) is 6.20 Å². The summed E-state index contributed by atoms with van der Waals surface area (Å²) in [6, 6.07) is 7.90. The molecule has 0 atom stereocenters. The van der Waals surface area contributed by atoms with E-state index >= 15 is 0 Å². The maximum Gasteiger partial charge on any atom is 0.123 e. The van der Waals surface area contributed by atoms with Gasteiger partial charge in [0, 0.05) is 24.3 Å². The van der Waals surface area contributed by atoms with Crippen LogP contribution in [0, 0.1) is 0 Å². The number of fused-ring (bicyclic) bond motifs is 1. The third kappa shape index (κ3) is 1.28. The number of pyridine rings is 1. The van der Waals surface area contributed by atoms with Gasteiger partial charge in [0.2, 0.25) is 0 Å². The van der Waals surface area contributed by atoms with Crippen molar-refractivity contribution < 1.29 is 0 Å². The van der Waals surface area contributed by atoms with E-state index in [0.29, 0.717) is 5.82 Å². The van der Waals surface area contributed by atoms with E-state index in [2.05, 4.69) is 10.3 Å². The number of benzene rings is 1. The topological polar surface area (TPSA) is 50.9 Å². The van der Waals surface area contributed by atoms with Crippen LogP contribution in [0.4, 0.5) is 11.5 Å². The van der Waals surface area contributed by atoms with E-state index in [1.165, 1.54) is 0 Å². The Balaban J connectivity index is 2.77. The van der Waals surface area contributed by atoms with E-state index in [-0.39, 0.29) is 0 Å². The van der Waals surface area contributed by atoms with E-state index < -0.39 is 0 Å². The molecule has 0 amide bonds. The molecule has 3 N–H and O–H groups in total. The highest BCUT2D eigenvalue weighted by Crippen LogP contribution is 2.22. The molecule has 0 aliphatic rings. The Bertz CT molecular complexity index is 437.